The maximum Gasteiger partial charge on any atom is 0.338 e. The first-order valence-electron chi connectivity index (χ1n) is 12.4. The quantitative estimate of drug-likeness (QED) is 0.228. The van der Waals surface area contributed by atoms with Crippen molar-refractivity contribution in [1.82, 2.24) is 4.57 Å². The highest BCUT2D eigenvalue weighted by Crippen LogP contribution is 2.31. The second-order valence-corrected chi connectivity index (χ2v) is 11.2. The van der Waals surface area contributed by atoms with Crippen LogP contribution in [0.2, 0.25) is 15.1 Å². The van der Waals surface area contributed by atoms with E-state index in [-0.39, 0.29) is 12.2 Å². The summed E-state index contributed by atoms with van der Waals surface area (Å²) in [7, 11) is 0. The lowest BCUT2D eigenvalue weighted by atomic mass is 9.96. The Morgan fingerprint density at radius 1 is 1.02 bits per heavy atom. The summed E-state index contributed by atoms with van der Waals surface area (Å²) in [6.45, 7) is 3.99. The maximum absolute atomic E-state index is 13.7. The second kappa shape index (κ2) is 12.0. The molecular weight excluding hydrogens is 591 g/mol. The molecule has 10 heteroatoms. The molecule has 1 atom stereocenters. The third-order valence-electron chi connectivity index (χ3n) is 6.29. The fourth-order valence-corrected chi connectivity index (χ4v) is 6.00. The van der Waals surface area contributed by atoms with Crippen molar-refractivity contribution in [2.24, 2.45) is 4.99 Å². The molecule has 0 spiro atoms. The van der Waals surface area contributed by atoms with E-state index in [1.807, 2.05) is 30.3 Å². The van der Waals surface area contributed by atoms with Crippen molar-refractivity contribution in [3.63, 3.8) is 0 Å². The number of rotatable bonds is 7. The highest BCUT2D eigenvalue weighted by atomic mass is 35.5. The first-order valence-corrected chi connectivity index (χ1v) is 14.3. The Morgan fingerprint density at radius 3 is 2.40 bits per heavy atom. The summed E-state index contributed by atoms with van der Waals surface area (Å²) in [4.78, 5) is 31.8. The van der Waals surface area contributed by atoms with E-state index in [9.17, 15) is 9.59 Å². The Balaban J connectivity index is 1.48. The summed E-state index contributed by atoms with van der Waals surface area (Å²) >= 11 is 19.6. The van der Waals surface area contributed by atoms with Crippen LogP contribution in [0, 0.1) is 0 Å². The topological polar surface area (TPSA) is 69.9 Å². The Labute approximate surface area is 249 Å². The van der Waals surface area contributed by atoms with E-state index in [2.05, 4.69) is 4.99 Å². The molecule has 2 heterocycles. The van der Waals surface area contributed by atoms with Crippen LogP contribution in [0.3, 0.4) is 0 Å². The summed E-state index contributed by atoms with van der Waals surface area (Å²) in [5.41, 5.74) is 2.95. The second-order valence-electron chi connectivity index (χ2n) is 8.95. The number of esters is 1. The molecule has 1 aliphatic rings. The molecule has 6 nitrogen and oxygen atoms in total. The molecule has 4 aromatic rings. The summed E-state index contributed by atoms with van der Waals surface area (Å²) in [5, 5.41) is 1.66. The minimum atomic E-state index is -0.690. The molecular formula is C30H23Cl3N2O4S. The van der Waals surface area contributed by atoms with Gasteiger partial charge in [0.15, 0.2) is 4.80 Å². The molecule has 0 N–H and O–H groups in total. The average molecular weight is 614 g/mol. The van der Waals surface area contributed by atoms with Crippen molar-refractivity contribution in [3.8, 4) is 5.75 Å². The van der Waals surface area contributed by atoms with Gasteiger partial charge in [0.2, 0.25) is 0 Å². The minimum absolute atomic E-state index is 0.208. The molecule has 5 rings (SSSR count). The highest BCUT2D eigenvalue weighted by molar-refractivity contribution is 7.07. The fourth-order valence-electron chi connectivity index (χ4n) is 4.36. The van der Waals surface area contributed by atoms with Crippen LogP contribution in [-0.2, 0) is 16.1 Å². The highest BCUT2D eigenvalue weighted by Gasteiger charge is 2.33. The van der Waals surface area contributed by atoms with Crippen LogP contribution in [-0.4, -0.2) is 17.1 Å². The van der Waals surface area contributed by atoms with Crippen LogP contribution in [0.5, 0.6) is 5.75 Å². The van der Waals surface area contributed by atoms with Crippen LogP contribution >= 0.6 is 46.1 Å². The van der Waals surface area contributed by atoms with Crippen LogP contribution in [0.15, 0.2) is 87.8 Å². The van der Waals surface area contributed by atoms with Gasteiger partial charge in [0.1, 0.15) is 12.4 Å². The molecule has 0 aliphatic carbocycles. The number of carbonyl (C=O) groups is 1. The molecule has 0 bridgehead atoms. The van der Waals surface area contributed by atoms with Gasteiger partial charge in [-0.2, -0.15) is 0 Å². The van der Waals surface area contributed by atoms with Crippen LogP contribution in [0.4, 0.5) is 0 Å². The van der Waals surface area contributed by atoms with E-state index in [4.69, 9.17) is 44.3 Å². The van der Waals surface area contributed by atoms with Gasteiger partial charge in [0.25, 0.3) is 5.56 Å². The van der Waals surface area contributed by atoms with Gasteiger partial charge in [-0.05, 0) is 67.4 Å². The number of ether oxygens (including phenoxy) is 2. The largest absolute Gasteiger partial charge is 0.489 e. The number of nitrogens with zero attached hydrogens (tertiary/aromatic N) is 2. The molecule has 0 amide bonds. The number of aromatic nitrogens is 1. The lowest BCUT2D eigenvalue weighted by Gasteiger charge is -2.24. The molecule has 204 valence electrons. The normalized spacial score (nSPS) is 15.0. The summed E-state index contributed by atoms with van der Waals surface area (Å²) < 4.78 is 13.2. The van der Waals surface area contributed by atoms with Crippen molar-refractivity contribution >= 4 is 58.2 Å². The monoisotopic (exact) mass is 612 g/mol. The van der Waals surface area contributed by atoms with Crippen LogP contribution < -0.4 is 19.6 Å². The van der Waals surface area contributed by atoms with Gasteiger partial charge in [-0.25, -0.2) is 9.79 Å². The molecule has 40 heavy (non-hydrogen) atoms. The zero-order chi connectivity index (χ0) is 28.4. The number of fused-ring (bicyclic) bond motifs is 1. The molecule has 0 saturated heterocycles. The Morgan fingerprint density at radius 2 is 1.73 bits per heavy atom. The summed E-state index contributed by atoms with van der Waals surface area (Å²) in [6.07, 6.45) is 1.80. The van der Waals surface area contributed by atoms with Crippen molar-refractivity contribution in [2.75, 3.05) is 6.61 Å². The van der Waals surface area contributed by atoms with Crippen LogP contribution in [0.25, 0.3) is 6.08 Å². The molecule has 1 unspecified atom stereocenters. The van der Waals surface area contributed by atoms with Gasteiger partial charge >= 0.3 is 5.97 Å². The summed E-state index contributed by atoms with van der Waals surface area (Å²) in [6, 6.07) is 19.0. The first kappa shape index (κ1) is 28.2. The molecule has 3 aromatic carbocycles. The van der Waals surface area contributed by atoms with E-state index < -0.39 is 12.0 Å². The smallest absolute Gasteiger partial charge is 0.338 e. The van der Waals surface area contributed by atoms with Crippen LogP contribution in [0.1, 0.15) is 36.6 Å². The van der Waals surface area contributed by atoms with Crippen molar-refractivity contribution in [2.45, 2.75) is 26.5 Å². The molecule has 0 fully saturated rings. The Hall–Kier alpha value is -3.36. The number of halogens is 3. The van der Waals surface area contributed by atoms with E-state index in [0.29, 0.717) is 48.0 Å². The van der Waals surface area contributed by atoms with E-state index >= 15 is 0 Å². The third-order valence-corrected chi connectivity index (χ3v) is 8.11. The first-order chi connectivity index (χ1) is 19.2. The van der Waals surface area contributed by atoms with Gasteiger partial charge in [0.05, 0.1) is 28.5 Å². The summed E-state index contributed by atoms with van der Waals surface area (Å²) in [5.74, 6) is 0.149. The lowest BCUT2D eigenvalue weighted by molar-refractivity contribution is -0.139. The predicted octanol–water partition coefficient (Wildman–Crippen LogP) is 6.34. The van der Waals surface area contributed by atoms with Crippen molar-refractivity contribution < 1.29 is 14.3 Å². The standard InChI is InChI=1S/C30H23Cl3N2O4S/c1-3-38-29(37)26-17(2)34-30-35(27(26)19-6-9-21(31)10-7-19)28(36)25(40-30)14-18-4-12-23(13-5-18)39-16-20-8-11-22(32)15-24(20)33/h4-15,27H,3,16H2,1-2H3. The molecule has 1 aromatic heterocycles. The SMILES string of the molecule is CCOC(=O)C1=C(C)N=c2sc(=Cc3ccc(OCc4ccc(Cl)cc4Cl)cc3)c(=O)n2C1c1ccc(Cl)cc1. The molecule has 0 saturated carbocycles. The number of benzene rings is 3. The van der Waals surface area contributed by atoms with E-state index in [1.54, 1.807) is 60.9 Å². The Kier molecular flexibility index (Phi) is 8.47. The van der Waals surface area contributed by atoms with Gasteiger partial charge < -0.3 is 9.47 Å². The zero-order valence-electron chi connectivity index (χ0n) is 21.5. The van der Waals surface area contributed by atoms with Gasteiger partial charge in [-0.15, -0.1) is 0 Å². The molecule has 0 radical (unpaired) electrons. The molecule has 1 aliphatic heterocycles. The Bertz CT molecular complexity index is 1790. The minimum Gasteiger partial charge on any atom is -0.489 e. The number of hydrogen-bond donors (Lipinski definition) is 0. The van der Waals surface area contributed by atoms with Crippen molar-refractivity contribution in [3.05, 3.63) is 129 Å². The van der Waals surface area contributed by atoms with E-state index in [0.717, 1.165) is 16.7 Å². The number of allylic oxidation sites excluding steroid dienone is 1. The zero-order valence-corrected chi connectivity index (χ0v) is 24.6. The maximum atomic E-state index is 13.7. The average Bonchev–Trinajstić information content (AvgIpc) is 3.23. The fraction of sp³-hybridized carbons (Fsp3) is 0.167. The number of hydrogen-bond acceptors (Lipinski definition) is 6. The van der Waals surface area contributed by atoms with Crippen molar-refractivity contribution in [1.29, 1.82) is 0 Å². The van der Waals surface area contributed by atoms with Gasteiger partial charge in [-0.3, -0.25) is 9.36 Å². The van der Waals surface area contributed by atoms with Gasteiger partial charge in [-0.1, -0.05) is 76.5 Å². The lowest BCUT2D eigenvalue weighted by Crippen LogP contribution is -2.39. The third kappa shape index (κ3) is 5.88. The predicted molar refractivity (Wildman–Crippen MR) is 159 cm³/mol. The number of thiazole rings is 1. The number of carbonyl (C=O) groups excluding carboxylic acids is 1. The van der Waals surface area contributed by atoms with Gasteiger partial charge in [0, 0.05) is 20.6 Å². The van der Waals surface area contributed by atoms with E-state index in [1.165, 1.54) is 11.3 Å².